The molecule has 1 aliphatic heterocycles. The summed E-state index contributed by atoms with van der Waals surface area (Å²) in [6.45, 7) is 8.63. The van der Waals surface area contributed by atoms with E-state index in [2.05, 4.69) is 13.0 Å². The van der Waals surface area contributed by atoms with E-state index in [1.165, 1.54) is 62.4 Å². The number of piperidine rings is 1. The van der Waals surface area contributed by atoms with Crippen molar-refractivity contribution in [3.05, 3.63) is 88.2 Å². The molecule has 0 aliphatic carbocycles. The van der Waals surface area contributed by atoms with Crippen molar-refractivity contribution in [3.8, 4) is 35.3 Å². The third-order valence-corrected chi connectivity index (χ3v) is 9.63. The van der Waals surface area contributed by atoms with Crippen molar-refractivity contribution in [1.82, 2.24) is 4.57 Å². The van der Waals surface area contributed by atoms with E-state index in [9.17, 15) is 18.4 Å². The molecule has 2 heterocycles. The number of nitrogens with zero attached hydrogens (tertiary/aromatic N) is 3. The van der Waals surface area contributed by atoms with Crippen LogP contribution >= 0.6 is 0 Å². The molecule has 0 N–H and O–H groups in total. The summed E-state index contributed by atoms with van der Waals surface area (Å²) < 4.78 is 49.2. The number of quaternary nitrogens is 1. The van der Waals surface area contributed by atoms with E-state index < -0.39 is 23.0 Å². The molecule has 0 unspecified atom stereocenters. The predicted molar refractivity (Wildman–Crippen MR) is 202 cm³/mol. The molecule has 0 spiro atoms. The molecule has 1 saturated heterocycles. The van der Waals surface area contributed by atoms with Crippen LogP contribution in [0.25, 0.3) is 16.6 Å². The maximum atomic E-state index is 14.2. The van der Waals surface area contributed by atoms with Gasteiger partial charge in [-0.05, 0) is 76.6 Å². The Labute approximate surface area is 305 Å². The maximum absolute atomic E-state index is 14.2. The van der Waals surface area contributed by atoms with Gasteiger partial charge in [0, 0.05) is 41.9 Å². The van der Waals surface area contributed by atoms with Crippen molar-refractivity contribution in [3.63, 3.8) is 0 Å². The molecule has 1 amide bonds. The van der Waals surface area contributed by atoms with Crippen LogP contribution in [0.1, 0.15) is 75.6 Å². The Morgan fingerprint density at radius 3 is 2.15 bits per heavy atom. The van der Waals surface area contributed by atoms with Crippen molar-refractivity contribution >= 4 is 22.5 Å². The summed E-state index contributed by atoms with van der Waals surface area (Å²) in [4.78, 5) is 29.1. The van der Waals surface area contributed by atoms with Gasteiger partial charge in [-0.25, -0.2) is 8.78 Å². The summed E-state index contributed by atoms with van der Waals surface area (Å²) in [6, 6.07) is 13.2. The topological polar surface area (TPSA) is 70.0 Å². The number of rotatable bonds is 17. The monoisotopic (exact) mass is 714 g/mol. The van der Waals surface area contributed by atoms with Crippen LogP contribution in [0, 0.1) is 24.0 Å². The lowest BCUT2D eigenvalue weighted by Gasteiger charge is -2.37. The number of terminal acetylenes is 1. The Bertz CT molecular complexity index is 1900. The number of hydrogen-bond acceptors (Lipinski definition) is 5. The quantitative estimate of drug-likeness (QED) is 0.0626. The van der Waals surface area contributed by atoms with E-state index in [0.29, 0.717) is 54.3 Å². The second-order valence-electron chi connectivity index (χ2n) is 13.6. The predicted octanol–water partition coefficient (Wildman–Crippen LogP) is 8.31. The molecular formula is C42H50F2N3O5+. The number of likely N-dealkylation sites (tertiary alicyclic amines) is 1. The molecule has 1 fully saturated rings. The van der Waals surface area contributed by atoms with Gasteiger partial charge in [0.25, 0.3) is 5.91 Å². The Morgan fingerprint density at radius 1 is 0.846 bits per heavy atom. The van der Waals surface area contributed by atoms with E-state index in [1.807, 2.05) is 13.8 Å². The first-order valence-electron chi connectivity index (χ1n) is 18.4. The SMILES string of the molecule is C#CCN(C(=O)c1cn(-c2cc(OCC)cc(OCC)c2)c2cc(OCCCCCCC[N+]3(C)CCCCC3)ccc2c1=O)c1cc(F)cc(F)c1. The van der Waals surface area contributed by atoms with Gasteiger partial charge in [-0.1, -0.05) is 18.8 Å². The molecule has 10 heteroatoms. The number of anilines is 1. The molecule has 0 bridgehead atoms. The fraction of sp³-hybridized carbons (Fsp3) is 0.429. The highest BCUT2D eigenvalue weighted by Crippen LogP contribution is 2.30. The summed E-state index contributed by atoms with van der Waals surface area (Å²) in [5, 5.41) is 0.245. The lowest BCUT2D eigenvalue weighted by Crippen LogP contribution is -2.48. The number of fused-ring (bicyclic) bond motifs is 1. The second kappa shape index (κ2) is 18.1. The number of benzene rings is 3. The smallest absolute Gasteiger partial charge is 0.264 e. The van der Waals surface area contributed by atoms with Crippen molar-refractivity contribution in [2.45, 2.75) is 65.2 Å². The van der Waals surface area contributed by atoms with Gasteiger partial charge in [0.2, 0.25) is 5.43 Å². The fourth-order valence-corrected chi connectivity index (χ4v) is 6.98. The largest absolute Gasteiger partial charge is 0.494 e. The van der Waals surface area contributed by atoms with E-state index in [4.69, 9.17) is 20.6 Å². The van der Waals surface area contributed by atoms with Crippen LogP contribution in [0.15, 0.2) is 65.6 Å². The minimum absolute atomic E-state index is 0.107. The Balaban J connectivity index is 1.43. The van der Waals surface area contributed by atoms with Crippen molar-refractivity contribution in [1.29, 1.82) is 0 Å². The number of pyridine rings is 1. The third-order valence-electron chi connectivity index (χ3n) is 9.63. The molecule has 3 aromatic carbocycles. The Hall–Kier alpha value is -4.88. The zero-order chi connectivity index (χ0) is 37.1. The second-order valence-corrected chi connectivity index (χ2v) is 13.6. The minimum Gasteiger partial charge on any atom is -0.494 e. The zero-order valence-corrected chi connectivity index (χ0v) is 30.6. The fourth-order valence-electron chi connectivity index (χ4n) is 6.98. The Morgan fingerprint density at radius 2 is 1.50 bits per heavy atom. The van der Waals surface area contributed by atoms with Gasteiger partial charge in [-0.15, -0.1) is 6.42 Å². The number of carbonyl (C=O) groups is 1. The summed E-state index contributed by atoms with van der Waals surface area (Å²) >= 11 is 0. The van der Waals surface area contributed by atoms with Gasteiger partial charge < -0.3 is 23.3 Å². The van der Waals surface area contributed by atoms with Gasteiger partial charge in [0.05, 0.1) is 69.9 Å². The average Bonchev–Trinajstić information content (AvgIpc) is 3.11. The van der Waals surface area contributed by atoms with Crippen LogP contribution < -0.4 is 24.5 Å². The third kappa shape index (κ3) is 9.71. The van der Waals surface area contributed by atoms with E-state index >= 15 is 0 Å². The van der Waals surface area contributed by atoms with Gasteiger partial charge in [0.1, 0.15) is 34.4 Å². The highest BCUT2D eigenvalue weighted by atomic mass is 19.1. The molecule has 4 aromatic rings. The molecule has 0 atom stereocenters. The van der Waals surface area contributed by atoms with E-state index in [1.54, 1.807) is 41.0 Å². The maximum Gasteiger partial charge on any atom is 0.264 e. The number of amides is 1. The van der Waals surface area contributed by atoms with Crippen LogP contribution in [0.5, 0.6) is 17.2 Å². The first-order chi connectivity index (χ1) is 25.1. The molecule has 1 aromatic heterocycles. The molecular weight excluding hydrogens is 664 g/mol. The van der Waals surface area contributed by atoms with Crippen molar-refractivity contribution < 1.29 is 32.3 Å². The highest BCUT2D eigenvalue weighted by molar-refractivity contribution is 6.08. The molecule has 8 nitrogen and oxygen atoms in total. The van der Waals surface area contributed by atoms with Crippen molar-refractivity contribution in [2.75, 3.05) is 57.9 Å². The van der Waals surface area contributed by atoms with E-state index in [0.717, 1.165) is 36.3 Å². The van der Waals surface area contributed by atoms with Crippen LogP contribution in [-0.4, -0.2) is 68.0 Å². The molecule has 276 valence electrons. The number of aromatic nitrogens is 1. The highest BCUT2D eigenvalue weighted by Gasteiger charge is 2.25. The first-order valence-corrected chi connectivity index (χ1v) is 18.4. The molecule has 5 rings (SSSR count). The van der Waals surface area contributed by atoms with Crippen LogP contribution in [0.2, 0.25) is 0 Å². The zero-order valence-electron chi connectivity index (χ0n) is 30.6. The average molecular weight is 715 g/mol. The lowest BCUT2D eigenvalue weighted by atomic mass is 10.1. The molecule has 52 heavy (non-hydrogen) atoms. The lowest BCUT2D eigenvalue weighted by molar-refractivity contribution is -0.914. The molecule has 0 saturated carbocycles. The van der Waals surface area contributed by atoms with Crippen LogP contribution in [0.3, 0.4) is 0 Å². The normalized spacial score (nSPS) is 13.8. The number of unbranched alkanes of at least 4 members (excludes halogenated alkanes) is 4. The van der Waals surface area contributed by atoms with Crippen LogP contribution in [0.4, 0.5) is 14.5 Å². The standard InChI is InChI=1S/C42H50F2N3O5/c1-5-18-45(33-24-31(43)23-32(44)25-33)42(49)39-30-46(34-26-36(50-6-2)28-37(27-34)51-7-3)40-29-35(16-17-38(40)41(39)48)52-22-15-10-8-9-12-19-47(4)20-13-11-14-21-47/h1,16-17,23-30H,6-15,18-22H2,2-4H3/q+1. The number of ether oxygens (including phenoxy) is 3. The van der Waals surface area contributed by atoms with Gasteiger partial charge in [-0.2, -0.15) is 0 Å². The number of halogens is 2. The number of hydrogen-bond donors (Lipinski definition) is 0. The minimum atomic E-state index is -0.882. The van der Waals surface area contributed by atoms with Gasteiger partial charge in [-0.3, -0.25) is 14.5 Å². The number of carbonyl (C=O) groups excluding carboxylic acids is 1. The van der Waals surface area contributed by atoms with Gasteiger partial charge in [0.15, 0.2) is 0 Å². The molecule has 0 radical (unpaired) electrons. The first kappa shape index (κ1) is 38.4. The Kier molecular flexibility index (Phi) is 13.3. The summed E-state index contributed by atoms with van der Waals surface area (Å²) in [6.07, 6.45) is 16.7. The van der Waals surface area contributed by atoms with E-state index in [-0.39, 0.29) is 23.2 Å². The summed E-state index contributed by atoms with van der Waals surface area (Å²) in [5.41, 5.74) is 0.145. The molecule has 1 aliphatic rings. The van der Waals surface area contributed by atoms with Crippen LogP contribution in [-0.2, 0) is 0 Å². The van der Waals surface area contributed by atoms with Gasteiger partial charge >= 0.3 is 0 Å². The summed E-state index contributed by atoms with van der Waals surface area (Å²) in [5.74, 6) is 1.45. The summed E-state index contributed by atoms with van der Waals surface area (Å²) in [7, 11) is 2.39. The van der Waals surface area contributed by atoms with Crippen molar-refractivity contribution in [2.24, 2.45) is 0 Å².